The monoisotopic (exact) mass is 363 g/mol. The first-order valence-electron chi connectivity index (χ1n) is 8.80. The molecule has 3 aromatic rings. The third-order valence-electron chi connectivity index (χ3n) is 5.21. The van der Waals surface area contributed by atoms with E-state index >= 15 is 0 Å². The number of aromatic nitrogens is 4. The van der Waals surface area contributed by atoms with E-state index in [9.17, 15) is 4.79 Å². The molecular weight excluding hydrogens is 346 g/mol. The Morgan fingerprint density at radius 2 is 2.19 bits per heavy atom. The number of rotatable bonds is 2. The molecule has 3 aromatic heterocycles. The Morgan fingerprint density at radius 1 is 1.22 bits per heavy atom. The van der Waals surface area contributed by atoms with Crippen molar-refractivity contribution < 1.29 is 14.1 Å². The molecule has 1 saturated heterocycles. The van der Waals surface area contributed by atoms with Crippen LogP contribution in [0, 0.1) is 0 Å². The minimum atomic E-state index is -0.330. The molecular formula is C19H17N5O3. The van der Waals surface area contributed by atoms with Gasteiger partial charge in [0.1, 0.15) is 0 Å². The second-order valence-corrected chi connectivity index (χ2v) is 6.94. The predicted molar refractivity (Wildman–Crippen MR) is 93.6 cm³/mol. The van der Waals surface area contributed by atoms with Gasteiger partial charge < -0.3 is 14.2 Å². The molecule has 1 spiro atoms. The van der Waals surface area contributed by atoms with E-state index in [2.05, 4.69) is 15.1 Å². The van der Waals surface area contributed by atoms with Crippen molar-refractivity contribution in [1.29, 1.82) is 0 Å². The molecule has 2 aliphatic heterocycles. The summed E-state index contributed by atoms with van der Waals surface area (Å²) in [5, 5.41) is 3.63. The van der Waals surface area contributed by atoms with Gasteiger partial charge in [0.25, 0.3) is 5.91 Å². The fraction of sp³-hybridized carbons (Fsp3) is 0.316. The van der Waals surface area contributed by atoms with Crippen LogP contribution in [-0.2, 0) is 16.8 Å². The van der Waals surface area contributed by atoms with Crippen LogP contribution in [0.2, 0.25) is 0 Å². The molecule has 1 atom stereocenters. The van der Waals surface area contributed by atoms with Crippen LogP contribution in [0.25, 0.3) is 11.4 Å². The average molecular weight is 363 g/mol. The highest BCUT2D eigenvalue weighted by Crippen LogP contribution is 2.39. The van der Waals surface area contributed by atoms with E-state index in [1.807, 2.05) is 18.3 Å². The molecule has 27 heavy (non-hydrogen) atoms. The van der Waals surface area contributed by atoms with Crippen molar-refractivity contribution in [2.24, 2.45) is 0 Å². The first-order valence-corrected chi connectivity index (χ1v) is 8.80. The van der Waals surface area contributed by atoms with Crippen LogP contribution in [0.4, 0.5) is 0 Å². The van der Waals surface area contributed by atoms with Crippen LogP contribution in [-0.4, -0.2) is 50.6 Å². The average Bonchev–Trinajstić information content (AvgIpc) is 3.39. The Hall–Kier alpha value is -3.13. The van der Waals surface area contributed by atoms with Gasteiger partial charge in [-0.2, -0.15) is 0 Å². The molecule has 8 nitrogen and oxygen atoms in total. The third kappa shape index (κ3) is 2.69. The first kappa shape index (κ1) is 16.1. The number of likely N-dealkylation sites (tertiary alicyclic amines) is 1. The zero-order chi connectivity index (χ0) is 18.3. The number of carbonyl (C=O) groups excluding carboxylic acids is 1. The van der Waals surface area contributed by atoms with Crippen LogP contribution in [0.1, 0.15) is 28.2 Å². The van der Waals surface area contributed by atoms with Gasteiger partial charge in [-0.1, -0.05) is 5.16 Å². The van der Waals surface area contributed by atoms with Crippen LogP contribution in [0.3, 0.4) is 0 Å². The van der Waals surface area contributed by atoms with E-state index in [0.29, 0.717) is 32.1 Å². The maximum Gasteiger partial charge on any atom is 0.292 e. The third-order valence-corrected chi connectivity index (χ3v) is 5.21. The number of amides is 1. The number of nitrogens with zero attached hydrogens (tertiary/aromatic N) is 5. The van der Waals surface area contributed by atoms with Crippen LogP contribution in [0.5, 0.6) is 0 Å². The van der Waals surface area contributed by atoms with Gasteiger partial charge in [0, 0.05) is 48.9 Å². The summed E-state index contributed by atoms with van der Waals surface area (Å²) in [6.07, 6.45) is 7.56. The van der Waals surface area contributed by atoms with Crippen molar-refractivity contribution in [1.82, 2.24) is 25.0 Å². The van der Waals surface area contributed by atoms with Crippen molar-refractivity contribution in [3.8, 4) is 11.4 Å². The highest BCUT2D eigenvalue weighted by molar-refractivity contribution is 5.91. The summed E-state index contributed by atoms with van der Waals surface area (Å²) in [5.74, 6) is 0.740. The number of hydrogen-bond acceptors (Lipinski definition) is 7. The molecule has 5 rings (SSSR count). The van der Waals surface area contributed by atoms with E-state index in [4.69, 9.17) is 14.2 Å². The molecule has 8 heteroatoms. The number of fused-ring (bicyclic) bond motifs is 2. The van der Waals surface area contributed by atoms with Crippen molar-refractivity contribution in [2.45, 2.75) is 18.4 Å². The van der Waals surface area contributed by atoms with Crippen LogP contribution in [0.15, 0.2) is 47.5 Å². The number of pyridine rings is 1. The molecule has 0 bridgehead atoms. The lowest BCUT2D eigenvalue weighted by atomic mass is 9.80. The molecule has 0 radical (unpaired) electrons. The quantitative estimate of drug-likeness (QED) is 0.686. The Balaban J connectivity index is 1.50. The molecule has 0 unspecified atom stereocenters. The first-order chi connectivity index (χ1) is 13.3. The van der Waals surface area contributed by atoms with Crippen molar-refractivity contribution in [2.75, 3.05) is 19.7 Å². The van der Waals surface area contributed by atoms with Gasteiger partial charge in [-0.15, -0.1) is 0 Å². The fourth-order valence-electron chi connectivity index (χ4n) is 3.87. The van der Waals surface area contributed by atoms with Crippen molar-refractivity contribution in [3.63, 3.8) is 0 Å². The molecule has 136 valence electrons. The number of carbonyl (C=O) groups is 1. The number of hydrogen-bond donors (Lipinski definition) is 0. The van der Waals surface area contributed by atoms with E-state index in [1.54, 1.807) is 23.4 Å². The molecule has 0 N–H and O–H groups in total. The lowest BCUT2D eigenvalue weighted by molar-refractivity contribution is 0.0477. The molecule has 1 amide bonds. The maximum absolute atomic E-state index is 12.6. The second kappa shape index (κ2) is 6.24. The van der Waals surface area contributed by atoms with Gasteiger partial charge in [0.15, 0.2) is 5.82 Å². The summed E-state index contributed by atoms with van der Waals surface area (Å²) in [7, 11) is 0. The van der Waals surface area contributed by atoms with Gasteiger partial charge in [0.2, 0.25) is 5.76 Å². The standard InChI is InChI=1S/C19H17N5O3/c25-18(15-3-6-22-27-15)24-7-4-19(11-24)12-26-10-14-9-21-17(23-16(14)19)13-2-1-5-20-8-13/h1-3,5-6,8-9H,4,7,10-12H2/t19-/m0/s1. The molecule has 1 fully saturated rings. The van der Waals surface area contributed by atoms with Crippen LogP contribution >= 0.6 is 0 Å². The van der Waals surface area contributed by atoms with Gasteiger partial charge in [-0.25, -0.2) is 9.97 Å². The largest absolute Gasteiger partial charge is 0.376 e. The summed E-state index contributed by atoms with van der Waals surface area (Å²) in [6.45, 7) is 2.17. The highest BCUT2D eigenvalue weighted by Gasteiger charge is 2.46. The van der Waals surface area contributed by atoms with E-state index in [1.165, 1.54) is 6.20 Å². The fourth-order valence-corrected chi connectivity index (χ4v) is 3.87. The zero-order valence-electron chi connectivity index (χ0n) is 14.5. The van der Waals surface area contributed by atoms with Gasteiger partial charge in [-0.3, -0.25) is 9.78 Å². The van der Waals surface area contributed by atoms with E-state index in [0.717, 1.165) is 23.2 Å². The number of ether oxygens (including phenoxy) is 1. The topological polar surface area (TPSA) is 94.2 Å². The molecule has 2 aliphatic rings. The van der Waals surface area contributed by atoms with E-state index in [-0.39, 0.29) is 17.1 Å². The van der Waals surface area contributed by atoms with Gasteiger partial charge >= 0.3 is 0 Å². The van der Waals surface area contributed by atoms with E-state index < -0.39 is 0 Å². The molecule has 0 aromatic carbocycles. The van der Waals surface area contributed by atoms with Gasteiger partial charge in [0.05, 0.1) is 30.5 Å². The Kier molecular flexibility index (Phi) is 3.71. The SMILES string of the molecule is O=C(c1ccno1)N1CC[C@@]2(COCc3cnc(-c4cccnc4)nc32)C1. The summed E-state index contributed by atoms with van der Waals surface area (Å²) in [4.78, 5) is 27.9. The minimum absolute atomic E-state index is 0.155. The Labute approximate surface area is 155 Å². The van der Waals surface area contributed by atoms with Crippen LogP contribution < -0.4 is 0 Å². The lowest BCUT2D eigenvalue weighted by Gasteiger charge is -2.34. The van der Waals surface area contributed by atoms with Crippen molar-refractivity contribution >= 4 is 5.91 Å². The molecule has 5 heterocycles. The highest BCUT2D eigenvalue weighted by atomic mass is 16.5. The maximum atomic E-state index is 12.6. The minimum Gasteiger partial charge on any atom is -0.376 e. The Bertz CT molecular complexity index is 976. The molecule has 0 saturated carbocycles. The molecule has 0 aliphatic carbocycles. The normalized spacial score (nSPS) is 21.4. The zero-order valence-corrected chi connectivity index (χ0v) is 14.5. The van der Waals surface area contributed by atoms with Gasteiger partial charge in [-0.05, 0) is 18.6 Å². The summed E-state index contributed by atoms with van der Waals surface area (Å²) in [5.41, 5.74) is 2.48. The summed E-state index contributed by atoms with van der Waals surface area (Å²) >= 11 is 0. The second-order valence-electron chi connectivity index (χ2n) is 6.94. The van der Waals surface area contributed by atoms with Crippen molar-refractivity contribution in [3.05, 3.63) is 60.0 Å². The smallest absolute Gasteiger partial charge is 0.292 e. The lowest BCUT2D eigenvalue weighted by Crippen LogP contribution is -2.41. The summed E-state index contributed by atoms with van der Waals surface area (Å²) < 4.78 is 10.9. The Morgan fingerprint density at radius 3 is 3.00 bits per heavy atom. The summed E-state index contributed by atoms with van der Waals surface area (Å²) in [6, 6.07) is 5.39. The predicted octanol–water partition coefficient (Wildman–Crippen LogP) is 1.84.